The number of ether oxygens (including phenoxy) is 1. The SMILES string of the molecule is Cc1ccc(Oc2ccc(N3C(=S)N[C@@H](c4ccccn4)[C@H]3c3ccc(-c4cccc([N+](=O)[O-])c4)o3)cc2)cc1. The Morgan fingerprint density at radius 1 is 0.950 bits per heavy atom. The minimum atomic E-state index is -0.419. The Labute approximate surface area is 236 Å². The Hall–Kier alpha value is -5.02. The van der Waals surface area contributed by atoms with E-state index in [0.717, 1.165) is 22.7 Å². The zero-order chi connectivity index (χ0) is 27.6. The summed E-state index contributed by atoms with van der Waals surface area (Å²) in [7, 11) is 0. The highest BCUT2D eigenvalue weighted by atomic mass is 32.1. The van der Waals surface area contributed by atoms with Crippen LogP contribution in [0.2, 0.25) is 0 Å². The number of nitrogens with zero attached hydrogens (tertiary/aromatic N) is 3. The average Bonchev–Trinajstić information content (AvgIpc) is 3.60. The summed E-state index contributed by atoms with van der Waals surface area (Å²) >= 11 is 5.81. The molecule has 0 unspecified atom stereocenters. The molecular weight excluding hydrogens is 524 g/mol. The summed E-state index contributed by atoms with van der Waals surface area (Å²) in [6, 6.07) is 30.8. The van der Waals surface area contributed by atoms with Crippen LogP contribution in [0.5, 0.6) is 11.5 Å². The summed E-state index contributed by atoms with van der Waals surface area (Å²) in [6.45, 7) is 2.03. The topological polar surface area (TPSA) is 93.7 Å². The highest BCUT2D eigenvalue weighted by molar-refractivity contribution is 7.80. The van der Waals surface area contributed by atoms with Crippen molar-refractivity contribution in [3.63, 3.8) is 0 Å². The first-order valence-electron chi connectivity index (χ1n) is 12.7. The third kappa shape index (κ3) is 5.02. The van der Waals surface area contributed by atoms with Crippen molar-refractivity contribution in [1.29, 1.82) is 0 Å². The maximum Gasteiger partial charge on any atom is 0.270 e. The van der Waals surface area contributed by atoms with Crippen molar-refractivity contribution >= 4 is 28.7 Å². The van der Waals surface area contributed by atoms with E-state index in [4.69, 9.17) is 21.4 Å². The third-order valence-corrected chi connectivity index (χ3v) is 7.04. The molecular formula is C31H24N4O4S. The Bertz CT molecular complexity index is 1670. The van der Waals surface area contributed by atoms with Gasteiger partial charge in [0.2, 0.25) is 0 Å². The van der Waals surface area contributed by atoms with Crippen LogP contribution in [0.4, 0.5) is 11.4 Å². The molecule has 6 rings (SSSR count). The first-order valence-corrected chi connectivity index (χ1v) is 13.1. The highest BCUT2D eigenvalue weighted by Crippen LogP contribution is 2.43. The fourth-order valence-corrected chi connectivity index (χ4v) is 5.12. The van der Waals surface area contributed by atoms with Gasteiger partial charge in [-0.1, -0.05) is 35.9 Å². The second kappa shape index (κ2) is 10.6. The molecule has 0 bridgehead atoms. The molecule has 1 fully saturated rings. The molecule has 40 heavy (non-hydrogen) atoms. The third-order valence-electron chi connectivity index (χ3n) is 6.73. The minimum Gasteiger partial charge on any atom is -0.459 e. The van der Waals surface area contributed by atoms with Crippen LogP contribution in [-0.2, 0) is 0 Å². The second-order valence-corrected chi connectivity index (χ2v) is 9.80. The van der Waals surface area contributed by atoms with Gasteiger partial charge in [0.25, 0.3) is 5.69 Å². The van der Waals surface area contributed by atoms with Crippen molar-refractivity contribution in [3.8, 4) is 22.8 Å². The molecule has 198 valence electrons. The summed E-state index contributed by atoms with van der Waals surface area (Å²) < 4.78 is 12.4. The van der Waals surface area contributed by atoms with Gasteiger partial charge in [0, 0.05) is 29.6 Å². The first kappa shape index (κ1) is 25.3. The number of benzene rings is 3. The molecule has 0 spiro atoms. The van der Waals surface area contributed by atoms with Gasteiger partial charge in [-0.25, -0.2) is 0 Å². The van der Waals surface area contributed by atoms with Gasteiger partial charge in [0.15, 0.2) is 5.11 Å². The number of rotatable bonds is 7. The summed E-state index contributed by atoms with van der Waals surface area (Å²) in [6.07, 6.45) is 1.74. The van der Waals surface area contributed by atoms with Crippen LogP contribution in [0.1, 0.15) is 29.1 Å². The van der Waals surface area contributed by atoms with Gasteiger partial charge in [-0.2, -0.15) is 0 Å². The number of furan rings is 1. The number of aromatic nitrogens is 1. The number of anilines is 1. The number of nitrogens with one attached hydrogen (secondary N) is 1. The smallest absolute Gasteiger partial charge is 0.270 e. The lowest BCUT2D eigenvalue weighted by atomic mass is 10.0. The molecule has 1 saturated heterocycles. The first-order chi connectivity index (χ1) is 19.5. The second-order valence-electron chi connectivity index (χ2n) is 9.42. The molecule has 1 N–H and O–H groups in total. The molecule has 3 aromatic carbocycles. The van der Waals surface area contributed by atoms with E-state index in [-0.39, 0.29) is 17.8 Å². The normalized spacial score (nSPS) is 16.5. The van der Waals surface area contributed by atoms with Gasteiger partial charge >= 0.3 is 0 Å². The number of non-ortho nitro benzene ring substituents is 1. The largest absolute Gasteiger partial charge is 0.459 e. The van der Waals surface area contributed by atoms with E-state index in [1.54, 1.807) is 18.3 Å². The van der Waals surface area contributed by atoms with E-state index in [2.05, 4.69) is 10.3 Å². The number of aryl methyl sites for hydroxylation is 1. The Kier molecular flexibility index (Phi) is 6.71. The molecule has 9 heteroatoms. The van der Waals surface area contributed by atoms with Gasteiger partial charge < -0.3 is 19.4 Å². The zero-order valence-corrected chi connectivity index (χ0v) is 22.2. The van der Waals surface area contributed by atoms with Crippen LogP contribution in [-0.4, -0.2) is 15.0 Å². The fraction of sp³-hybridized carbons (Fsp3) is 0.0968. The van der Waals surface area contributed by atoms with Crippen LogP contribution < -0.4 is 15.0 Å². The highest BCUT2D eigenvalue weighted by Gasteiger charge is 2.42. The lowest BCUT2D eigenvalue weighted by molar-refractivity contribution is -0.384. The molecule has 0 radical (unpaired) electrons. The van der Waals surface area contributed by atoms with E-state index in [1.807, 2.05) is 90.7 Å². The number of nitro benzene ring substituents is 1. The molecule has 0 saturated carbocycles. The van der Waals surface area contributed by atoms with Crippen molar-refractivity contribution in [2.24, 2.45) is 0 Å². The van der Waals surface area contributed by atoms with Crippen molar-refractivity contribution < 1.29 is 14.1 Å². The van der Waals surface area contributed by atoms with Gasteiger partial charge in [0.1, 0.15) is 29.1 Å². The van der Waals surface area contributed by atoms with E-state index >= 15 is 0 Å². The minimum absolute atomic E-state index is 0.0000883. The van der Waals surface area contributed by atoms with Crippen LogP contribution in [0.3, 0.4) is 0 Å². The Morgan fingerprint density at radius 3 is 2.40 bits per heavy atom. The van der Waals surface area contributed by atoms with E-state index in [0.29, 0.717) is 27.9 Å². The van der Waals surface area contributed by atoms with Gasteiger partial charge in [0.05, 0.1) is 16.7 Å². The van der Waals surface area contributed by atoms with Crippen LogP contribution in [0.15, 0.2) is 114 Å². The predicted octanol–water partition coefficient (Wildman–Crippen LogP) is 7.53. The number of hydrogen-bond donors (Lipinski definition) is 1. The number of thiocarbonyl (C=S) groups is 1. The van der Waals surface area contributed by atoms with Crippen LogP contribution in [0.25, 0.3) is 11.3 Å². The maximum atomic E-state index is 11.3. The van der Waals surface area contributed by atoms with Crippen molar-refractivity contribution in [2.45, 2.75) is 19.0 Å². The summed E-state index contributed by atoms with van der Waals surface area (Å²) in [5, 5.41) is 15.2. The molecule has 2 atom stereocenters. The van der Waals surface area contributed by atoms with Crippen molar-refractivity contribution in [3.05, 3.63) is 136 Å². The number of hydrogen-bond acceptors (Lipinski definition) is 6. The molecule has 3 heterocycles. The van der Waals surface area contributed by atoms with Gasteiger partial charge in [-0.05, 0) is 79.8 Å². The molecule has 8 nitrogen and oxygen atoms in total. The summed E-state index contributed by atoms with van der Waals surface area (Å²) in [5.74, 6) is 2.63. The summed E-state index contributed by atoms with van der Waals surface area (Å²) in [4.78, 5) is 17.5. The van der Waals surface area contributed by atoms with Crippen molar-refractivity contribution in [1.82, 2.24) is 10.3 Å². The lowest BCUT2D eigenvalue weighted by Crippen LogP contribution is -2.29. The molecule has 5 aromatic rings. The quantitative estimate of drug-likeness (QED) is 0.127. The fourth-order valence-electron chi connectivity index (χ4n) is 4.78. The van der Waals surface area contributed by atoms with E-state index < -0.39 is 4.92 Å². The lowest BCUT2D eigenvalue weighted by Gasteiger charge is -2.26. The van der Waals surface area contributed by atoms with Gasteiger partial charge in [-0.15, -0.1) is 0 Å². The average molecular weight is 549 g/mol. The van der Waals surface area contributed by atoms with Crippen molar-refractivity contribution in [2.75, 3.05) is 4.90 Å². The van der Waals surface area contributed by atoms with E-state index in [1.165, 1.54) is 12.1 Å². The molecule has 1 aliphatic heterocycles. The standard InChI is InChI=1S/C31H24N4O4S/c1-20-8-12-24(13-9-20)38-25-14-10-22(11-15-25)34-30(29(33-31(34)40)26-7-2-3-18-32-26)28-17-16-27(39-28)21-5-4-6-23(19-21)35(36)37/h2-19,29-30H,1H3,(H,33,40)/t29-,30+/m0/s1. The van der Waals surface area contributed by atoms with Crippen LogP contribution in [0, 0.1) is 17.0 Å². The molecule has 2 aromatic heterocycles. The predicted molar refractivity (Wildman–Crippen MR) is 156 cm³/mol. The summed E-state index contributed by atoms with van der Waals surface area (Å²) in [5.41, 5.74) is 3.45. The van der Waals surface area contributed by atoms with Gasteiger partial charge in [-0.3, -0.25) is 15.1 Å². The Balaban J connectivity index is 1.35. The molecule has 0 aliphatic carbocycles. The Morgan fingerprint density at radius 2 is 1.70 bits per heavy atom. The van der Waals surface area contributed by atoms with Crippen LogP contribution >= 0.6 is 12.2 Å². The monoisotopic (exact) mass is 548 g/mol. The number of nitro groups is 1. The molecule has 0 amide bonds. The molecule has 1 aliphatic rings. The zero-order valence-electron chi connectivity index (χ0n) is 21.4. The number of pyridine rings is 1. The van der Waals surface area contributed by atoms with E-state index in [9.17, 15) is 10.1 Å². The maximum absolute atomic E-state index is 11.3.